The van der Waals surface area contributed by atoms with Gasteiger partial charge in [-0.05, 0) is 60.5 Å². The van der Waals surface area contributed by atoms with Crippen molar-refractivity contribution < 1.29 is 13.7 Å². The minimum Gasteiger partial charge on any atom is -0.492 e. The Labute approximate surface area is 185 Å². The molecule has 0 saturated heterocycles. The Kier molecular flexibility index (Phi) is 5.42. The minimum absolute atomic E-state index is 0.292. The van der Waals surface area contributed by atoms with Crippen LogP contribution in [0.25, 0.3) is 33.9 Å². The Bertz CT molecular complexity index is 1340. The lowest BCUT2D eigenvalue weighted by Gasteiger charge is -2.10. The van der Waals surface area contributed by atoms with Crippen molar-refractivity contribution in [2.45, 2.75) is 19.9 Å². The summed E-state index contributed by atoms with van der Waals surface area (Å²) in [4.78, 5) is 4.78. The average Bonchev–Trinajstić information content (AvgIpc) is 3.45. The molecule has 0 amide bonds. The van der Waals surface area contributed by atoms with Crippen LogP contribution >= 0.6 is 0 Å². The maximum Gasteiger partial charge on any atom is 0.167 e. The summed E-state index contributed by atoms with van der Waals surface area (Å²) in [7, 11) is 0. The van der Waals surface area contributed by atoms with Crippen LogP contribution in [0.15, 0.2) is 83.4 Å². The molecule has 32 heavy (non-hydrogen) atoms. The summed E-state index contributed by atoms with van der Waals surface area (Å²) in [5.41, 5.74) is 4.53. The molecule has 0 aliphatic rings. The predicted octanol–water partition coefficient (Wildman–Crippen LogP) is 6.14. The molecule has 5 rings (SSSR count). The van der Waals surface area contributed by atoms with E-state index in [9.17, 15) is 4.39 Å². The van der Waals surface area contributed by atoms with Gasteiger partial charge in [-0.25, -0.2) is 9.37 Å². The van der Waals surface area contributed by atoms with Crippen LogP contribution in [-0.4, -0.2) is 21.3 Å². The predicted molar refractivity (Wildman–Crippen MR) is 122 cm³/mol. The van der Waals surface area contributed by atoms with E-state index in [1.54, 1.807) is 12.1 Å². The van der Waals surface area contributed by atoms with Crippen molar-refractivity contribution >= 4 is 11.0 Å². The number of aromatic nitrogens is 3. The molecular weight excluding hydrogens is 405 g/mol. The summed E-state index contributed by atoms with van der Waals surface area (Å²) in [5.74, 6) is 1.81. The van der Waals surface area contributed by atoms with Gasteiger partial charge in [-0.1, -0.05) is 36.3 Å². The Balaban J connectivity index is 1.42. The maximum atomic E-state index is 13.3. The third kappa shape index (κ3) is 3.99. The fourth-order valence-electron chi connectivity index (χ4n) is 3.70. The highest BCUT2D eigenvalue weighted by atomic mass is 19.1. The zero-order chi connectivity index (χ0) is 21.9. The lowest BCUT2D eigenvalue weighted by molar-refractivity contribution is 0.300. The third-order valence-corrected chi connectivity index (χ3v) is 5.44. The van der Waals surface area contributed by atoms with Crippen molar-refractivity contribution in [3.8, 4) is 28.6 Å². The van der Waals surface area contributed by atoms with Crippen LogP contribution in [0.1, 0.15) is 12.5 Å². The molecule has 0 fully saturated rings. The highest BCUT2D eigenvalue weighted by Gasteiger charge is 2.17. The number of hydrogen-bond donors (Lipinski definition) is 0. The van der Waals surface area contributed by atoms with Gasteiger partial charge < -0.3 is 13.8 Å². The number of rotatable bonds is 7. The summed E-state index contributed by atoms with van der Waals surface area (Å²) < 4.78 is 26.8. The summed E-state index contributed by atoms with van der Waals surface area (Å²) >= 11 is 0. The van der Waals surface area contributed by atoms with Crippen molar-refractivity contribution in [2.24, 2.45) is 0 Å². The first-order valence-corrected chi connectivity index (χ1v) is 10.6. The zero-order valence-corrected chi connectivity index (χ0v) is 17.7. The van der Waals surface area contributed by atoms with Crippen LogP contribution in [0, 0.1) is 5.82 Å². The van der Waals surface area contributed by atoms with Crippen LogP contribution in [0.3, 0.4) is 0 Å². The number of nitrogens with zero attached hydrogens (tertiary/aromatic N) is 3. The number of fused-ring (bicyclic) bond motifs is 1. The lowest BCUT2D eigenvalue weighted by Crippen LogP contribution is -2.09. The summed E-state index contributed by atoms with van der Waals surface area (Å²) in [6.45, 7) is 3.22. The standard InChI is InChI=1S/C26H22FN3O2/c1-2-18-7-13-21(14-8-18)31-16-15-30-24-6-4-3-5-22(24)28-26(30)23-17-25(32-29-23)19-9-11-20(27)12-10-19/h3-14,17H,2,15-16H2,1H3. The van der Waals surface area contributed by atoms with E-state index in [2.05, 4.69) is 28.8 Å². The first kappa shape index (κ1) is 20.0. The molecule has 0 aliphatic heterocycles. The van der Waals surface area contributed by atoms with E-state index in [1.165, 1.54) is 17.7 Å². The van der Waals surface area contributed by atoms with Crippen molar-refractivity contribution in [3.63, 3.8) is 0 Å². The van der Waals surface area contributed by atoms with Crippen LogP contribution in [-0.2, 0) is 13.0 Å². The summed E-state index contributed by atoms with van der Waals surface area (Å²) in [6, 6.07) is 24.1. The fourth-order valence-corrected chi connectivity index (χ4v) is 3.70. The van der Waals surface area contributed by atoms with Gasteiger partial charge in [-0.3, -0.25) is 0 Å². The number of benzene rings is 3. The van der Waals surface area contributed by atoms with Crippen molar-refractivity contribution in [3.05, 3.63) is 90.2 Å². The normalized spacial score (nSPS) is 11.2. The molecule has 160 valence electrons. The summed E-state index contributed by atoms with van der Waals surface area (Å²) in [6.07, 6.45) is 1.00. The number of imidazole rings is 1. The molecule has 6 heteroatoms. The van der Waals surface area contributed by atoms with E-state index in [0.29, 0.717) is 30.4 Å². The number of halogens is 1. The molecule has 2 aromatic heterocycles. The fraction of sp³-hybridized carbons (Fsp3) is 0.154. The van der Waals surface area contributed by atoms with E-state index < -0.39 is 0 Å². The van der Waals surface area contributed by atoms with Crippen LogP contribution in [0.4, 0.5) is 4.39 Å². The molecule has 3 aromatic carbocycles. The lowest BCUT2D eigenvalue weighted by atomic mass is 10.1. The molecule has 2 heterocycles. The summed E-state index contributed by atoms with van der Waals surface area (Å²) in [5, 5.41) is 4.23. The van der Waals surface area contributed by atoms with Gasteiger partial charge in [0.1, 0.15) is 23.9 Å². The molecule has 5 aromatic rings. The number of ether oxygens (including phenoxy) is 1. The Morgan fingerprint density at radius 3 is 2.53 bits per heavy atom. The van der Waals surface area contributed by atoms with E-state index in [1.807, 2.05) is 42.5 Å². The topological polar surface area (TPSA) is 53.1 Å². The first-order chi connectivity index (χ1) is 15.7. The molecule has 0 radical (unpaired) electrons. The SMILES string of the molecule is CCc1ccc(OCCn2c(-c3cc(-c4ccc(F)cc4)on3)nc3ccccc32)cc1. The first-order valence-electron chi connectivity index (χ1n) is 10.6. The Morgan fingerprint density at radius 2 is 1.75 bits per heavy atom. The van der Waals surface area contributed by atoms with Gasteiger partial charge in [0, 0.05) is 11.6 Å². The number of aryl methyl sites for hydroxylation is 1. The van der Waals surface area contributed by atoms with Gasteiger partial charge in [0.2, 0.25) is 0 Å². The van der Waals surface area contributed by atoms with Gasteiger partial charge >= 0.3 is 0 Å². The second kappa shape index (κ2) is 8.67. The van der Waals surface area contributed by atoms with E-state index in [-0.39, 0.29) is 5.82 Å². The second-order valence-electron chi connectivity index (χ2n) is 7.51. The molecule has 0 atom stereocenters. The highest BCUT2D eigenvalue weighted by molar-refractivity contribution is 5.80. The highest BCUT2D eigenvalue weighted by Crippen LogP contribution is 2.28. The van der Waals surface area contributed by atoms with Gasteiger partial charge in [0.05, 0.1) is 17.6 Å². The molecular formula is C26H22FN3O2. The smallest absolute Gasteiger partial charge is 0.167 e. The van der Waals surface area contributed by atoms with E-state index in [0.717, 1.165) is 28.8 Å². The quantitative estimate of drug-likeness (QED) is 0.313. The minimum atomic E-state index is -0.292. The Morgan fingerprint density at radius 1 is 0.969 bits per heavy atom. The second-order valence-corrected chi connectivity index (χ2v) is 7.51. The van der Waals surface area contributed by atoms with E-state index in [4.69, 9.17) is 14.2 Å². The molecule has 5 nitrogen and oxygen atoms in total. The number of para-hydroxylation sites is 2. The Hall–Kier alpha value is -3.93. The van der Waals surface area contributed by atoms with Gasteiger partial charge in [0.15, 0.2) is 11.6 Å². The van der Waals surface area contributed by atoms with Crippen LogP contribution < -0.4 is 4.74 Å². The number of hydrogen-bond acceptors (Lipinski definition) is 4. The average molecular weight is 427 g/mol. The van der Waals surface area contributed by atoms with Gasteiger partial charge in [-0.2, -0.15) is 0 Å². The third-order valence-electron chi connectivity index (χ3n) is 5.44. The maximum absolute atomic E-state index is 13.3. The molecule has 0 N–H and O–H groups in total. The zero-order valence-electron chi connectivity index (χ0n) is 17.7. The monoisotopic (exact) mass is 427 g/mol. The van der Waals surface area contributed by atoms with Crippen molar-refractivity contribution in [1.82, 2.24) is 14.7 Å². The van der Waals surface area contributed by atoms with Gasteiger partial charge in [0.25, 0.3) is 0 Å². The van der Waals surface area contributed by atoms with Gasteiger partial charge in [-0.15, -0.1) is 0 Å². The largest absolute Gasteiger partial charge is 0.492 e. The molecule has 0 unspecified atom stereocenters. The van der Waals surface area contributed by atoms with Crippen LogP contribution in [0.5, 0.6) is 5.75 Å². The van der Waals surface area contributed by atoms with Crippen LogP contribution in [0.2, 0.25) is 0 Å². The molecule has 0 bridgehead atoms. The molecule has 0 spiro atoms. The van der Waals surface area contributed by atoms with E-state index >= 15 is 0 Å². The molecule has 0 saturated carbocycles. The molecule has 0 aliphatic carbocycles. The van der Waals surface area contributed by atoms with Crippen molar-refractivity contribution in [2.75, 3.05) is 6.61 Å². The van der Waals surface area contributed by atoms with Crippen molar-refractivity contribution in [1.29, 1.82) is 0 Å².